The fraction of sp³-hybridized carbons (Fsp3) is 0.278. The van der Waals surface area contributed by atoms with Crippen LogP contribution in [0.15, 0.2) is 48.5 Å². The van der Waals surface area contributed by atoms with Gasteiger partial charge in [0.25, 0.3) is 0 Å². The first-order valence-electron chi connectivity index (χ1n) is 8.09. The van der Waals surface area contributed by atoms with Crippen molar-refractivity contribution < 1.29 is 22.3 Å². The summed E-state index contributed by atoms with van der Waals surface area (Å²) in [4.78, 5) is 12.3. The van der Waals surface area contributed by atoms with Crippen molar-refractivity contribution in [1.29, 1.82) is 0 Å². The van der Waals surface area contributed by atoms with Crippen LogP contribution in [0.25, 0.3) is 0 Å². The highest BCUT2D eigenvalue weighted by Crippen LogP contribution is 2.19. The van der Waals surface area contributed by atoms with Crippen LogP contribution < -0.4 is 14.4 Å². The zero-order valence-corrected chi connectivity index (χ0v) is 16.2. The number of hydrogen-bond acceptors (Lipinski definition) is 4. The lowest BCUT2D eigenvalue weighted by atomic mass is 10.2. The largest absolute Gasteiger partial charge is 0.497 e. The van der Waals surface area contributed by atoms with Crippen molar-refractivity contribution in [1.82, 2.24) is 9.62 Å². The van der Waals surface area contributed by atoms with E-state index >= 15 is 0 Å². The molecule has 1 N–H and O–H groups in total. The van der Waals surface area contributed by atoms with Crippen LogP contribution in [0.4, 0.5) is 10.1 Å². The van der Waals surface area contributed by atoms with Crippen LogP contribution in [0, 0.1) is 5.82 Å². The maximum atomic E-state index is 13.2. The van der Waals surface area contributed by atoms with Crippen molar-refractivity contribution in [3.05, 3.63) is 59.9 Å². The number of anilines is 1. The minimum absolute atomic E-state index is 0.199. The van der Waals surface area contributed by atoms with Gasteiger partial charge in [-0.2, -0.15) is 12.7 Å². The molecule has 0 saturated heterocycles. The third kappa shape index (κ3) is 5.41. The van der Waals surface area contributed by atoms with Crippen LogP contribution in [0.5, 0.6) is 5.75 Å². The smallest absolute Gasteiger partial charge is 0.304 e. The SMILES string of the molecule is COc1ccc(CNC(=O)CN(c2ccc(F)cc2)S(=O)(=O)N(C)C)cc1. The van der Waals surface area contributed by atoms with Gasteiger partial charge in [-0.1, -0.05) is 12.1 Å². The lowest BCUT2D eigenvalue weighted by Gasteiger charge is -2.26. The number of benzene rings is 2. The lowest BCUT2D eigenvalue weighted by Crippen LogP contribution is -2.45. The van der Waals surface area contributed by atoms with Crippen LogP contribution in [-0.2, 0) is 21.5 Å². The molecule has 0 unspecified atom stereocenters. The van der Waals surface area contributed by atoms with Crippen LogP contribution in [0.2, 0.25) is 0 Å². The van der Waals surface area contributed by atoms with E-state index in [2.05, 4.69) is 5.32 Å². The highest BCUT2D eigenvalue weighted by atomic mass is 32.2. The van der Waals surface area contributed by atoms with E-state index in [4.69, 9.17) is 4.74 Å². The second-order valence-corrected chi connectivity index (χ2v) is 7.96. The number of halogens is 1. The molecule has 0 aliphatic heterocycles. The standard InChI is InChI=1S/C18H22FN3O4S/c1-21(2)27(24,25)22(16-8-6-15(19)7-9-16)13-18(23)20-12-14-4-10-17(26-3)11-5-14/h4-11H,12-13H2,1-3H3,(H,20,23). The molecule has 0 heterocycles. The highest BCUT2D eigenvalue weighted by Gasteiger charge is 2.27. The quantitative estimate of drug-likeness (QED) is 0.739. The average Bonchev–Trinajstić information content (AvgIpc) is 2.65. The molecule has 2 aromatic rings. The predicted octanol–water partition coefficient (Wildman–Crippen LogP) is 1.76. The lowest BCUT2D eigenvalue weighted by molar-refractivity contribution is -0.119. The summed E-state index contributed by atoms with van der Waals surface area (Å²) in [5, 5.41) is 2.68. The number of nitrogens with zero attached hydrogens (tertiary/aromatic N) is 2. The van der Waals surface area contributed by atoms with Crippen molar-refractivity contribution in [2.24, 2.45) is 0 Å². The molecule has 9 heteroatoms. The number of methoxy groups -OCH3 is 1. The molecular formula is C18H22FN3O4S. The topological polar surface area (TPSA) is 79.0 Å². The minimum Gasteiger partial charge on any atom is -0.497 e. The summed E-state index contributed by atoms with van der Waals surface area (Å²) in [6.07, 6.45) is 0. The zero-order valence-electron chi connectivity index (χ0n) is 15.3. The molecule has 0 spiro atoms. The molecule has 0 fully saturated rings. The van der Waals surface area contributed by atoms with Gasteiger partial charge in [0.05, 0.1) is 12.8 Å². The molecule has 0 aromatic heterocycles. The zero-order chi connectivity index (χ0) is 20.0. The van der Waals surface area contributed by atoms with E-state index in [1.54, 1.807) is 31.4 Å². The number of carbonyl (C=O) groups excluding carboxylic acids is 1. The first kappa shape index (κ1) is 20.7. The van der Waals surface area contributed by atoms with Gasteiger partial charge in [-0.25, -0.2) is 8.70 Å². The van der Waals surface area contributed by atoms with E-state index in [1.165, 1.54) is 26.2 Å². The van der Waals surface area contributed by atoms with Gasteiger partial charge in [0.2, 0.25) is 5.91 Å². The molecule has 2 aromatic carbocycles. The molecule has 0 bridgehead atoms. The molecule has 0 saturated carbocycles. The van der Waals surface area contributed by atoms with E-state index in [0.717, 1.165) is 26.3 Å². The number of ether oxygens (including phenoxy) is 1. The second-order valence-electron chi connectivity index (χ2n) is 5.90. The summed E-state index contributed by atoms with van der Waals surface area (Å²) in [5.41, 5.74) is 1.04. The first-order valence-corrected chi connectivity index (χ1v) is 9.49. The van der Waals surface area contributed by atoms with Crippen LogP contribution in [-0.4, -0.2) is 46.4 Å². The van der Waals surface area contributed by atoms with E-state index in [0.29, 0.717) is 5.75 Å². The van der Waals surface area contributed by atoms with Gasteiger partial charge in [-0.3, -0.25) is 4.79 Å². The summed E-state index contributed by atoms with van der Waals surface area (Å²) in [6, 6.07) is 12.0. The Morgan fingerprint density at radius 1 is 1.07 bits per heavy atom. The average molecular weight is 395 g/mol. The Balaban J connectivity index is 2.11. The molecular weight excluding hydrogens is 373 g/mol. The van der Waals surface area contributed by atoms with Gasteiger partial charge in [-0.15, -0.1) is 0 Å². The van der Waals surface area contributed by atoms with Crippen molar-refractivity contribution in [3.63, 3.8) is 0 Å². The molecule has 0 aliphatic rings. The van der Waals surface area contributed by atoms with E-state index in [-0.39, 0.29) is 12.2 Å². The Hall–Kier alpha value is -2.65. The summed E-state index contributed by atoms with van der Waals surface area (Å²) < 4.78 is 45.3. The number of hydrogen-bond donors (Lipinski definition) is 1. The normalized spacial score (nSPS) is 11.3. The van der Waals surface area contributed by atoms with Crippen molar-refractivity contribution in [3.8, 4) is 5.75 Å². The van der Waals surface area contributed by atoms with Gasteiger partial charge < -0.3 is 10.1 Å². The Kier molecular flexibility index (Phi) is 6.75. The maximum Gasteiger partial charge on any atom is 0.304 e. The molecule has 146 valence electrons. The van der Waals surface area contributed by atoms with Crippen LogP contribution in [0.3, 0.4) is 0 Å². The molecule has 1 amide bonds. The van der Waals surface area contributed by atoms with E-state index in [1.807, 2.05) is 0 Å². The first-order chi connectivity index (χ1) is 12.7. The number of amides is 1. The van der Waals surface area contributed by atoms with Crippen molar-refractivity contribution in [2.45, 2.75) is 6.54 Å². The molecule has 0 radical (unpaired) electrons. The molecule has 27 heavy (non-hydrogen) atoms. The third-order valence-corrected chi connectivity index (χ3v) is 5.61. The van der Waals surface area contributed by atoms with Gasteiger partial charge in [0.15, 0.2) is 0 Å². The second kappa shape index (κ2) is 8.83. The van der Waals surface area contributed by atoms with E-state index in [9.17, 15) is 17.6 Å². The Labute approximate surface area is 158 Å². The Bertz CT molecular complexity index is 868. The van der Waals surface area contributed by atoms with Gasteiger partial charge in [0, 0.05) is 20.6 Å². The third-order valence-electron chi connectivity index (χ3n) is 3.79. The van der Waals surface area contributed by atoms with Gasteiger partial charge >= 0.3 is 10.2 Å². The van der Waals surface area contributed by atoms with E-state index < -0.39 is 28.5 Å². The fourth-order valence-corrected chi connectivity index (χ4v) is 3.30. The van der Waals surface area contributed by atoms with Gasteiger partial charge in [0.1, 0.15) is 18.1 Å². The predicted molar refractivity (Wildman–Crippen MR) is 101 cm³/mol. The number of nitrogens with one attached hydrogen (secondary N) is 1. The molecule has 0 atom stereocenters. The van der Waals surface area contributed by atoms with Gasteiger partial charge in [-0.05, 0) is 42.0 Å². The summed E-state index contributed by atoms with van der Waals surface area (Å²) >= 11 is 0. The van der Waals surface area contributed by atoms with Crippen molar-refractivity contribution in [2.75, 3.05) is 32.1 Å². The molecule has 2 rings (SSSR count). The highest BCUT2D eigenvalue weighted by molar-refractivity contribution is 7.90. The summed E-state index contributed by atoms with van der Waals surface area (Å²) in [5.74, 6) is -0.282. The Morgan fingerprint density at radius 3 is 2.19 bits per heavy atom. The fourth-order valence-electron chi connectivity index (χ4n) is 2.24. The molecule has 7 nitrogen and oxygen atoms in total. The van der Waals surface area contributed by atoms with Crippen LogP contribution in [0.1, 0.15) is 5.56 Å². The number of rotatable bonds is 8. The summed E-state index contributed by atoms with van der Waals surface area (Å²) in [6.45, 7) is -0.190. The Morgan fingerprint density at radius 2 is 1.67 bits per heavy atom. The number of carbonyl (C=O) groups is 1. The van der Waals surface area contributed by atoms with Crippen LogP contribution >= 0.6 is 0 Å². The maximum absolute atomic E-state index is 13.2. The molecule has 0 aliphatic carbocycles. The monoisotopic (exact) mass is 395 g/mol. The minimum atomic E-state index is -3.93. The van der Waals surface area contributed by atoms with Crippen molar-refractivity contribution >= 4 is 21.8 Å². The summed E-state index contributed by atoms with van der Waals surface area (Å²) in [7, 11) is 0.361.